The second-order valence-electron chi connectivity index (χ2n) is 5.96. The van der Waals surface area contributed by atoms with Crippen molar-refractivity contribution in [1.82, 2.24) is 9.97 Å². The molecule has 0 bridgehead atoms. The molecule has 0 fully saturated rings. The zero-order chi connectivity index (χ0) is 18.4. The molecule has 6 heteroatoms. The summed E-state index contributed by atoms with van der Waals surface area (Å²) in [5.41, 5.74) is 1.73. The molecule has 1 heterocycles. The third-order valence-electron chi connectivity index (χ3n) is 3.84. The average molecular weight is 354 g/mol. The molecule has 26 heavy (non-hydrogen) atoms. The van der Waals surface area contributed by atoms with Gasteiger partial charge in [0.1, 0.15) is 23.1 Å². The zero-order valence-corrected chi connectivity index (χ0v) is 14.5. The van der Waals surface area contributed by atoms with Crippen molar-refractivity contribution in [2.75, 3.05) is 17.2 Å². The maximum Gasteiger partial charge on any atom is 0.229 e. The van der Waals surface area contributed by atoms with Gasteiger partial charge in [-0.1, -0.05) is 36.4 Å². The predicted molar refractivity (Wildman–Crippen MR) is 99.7 cm³/mol. The molecule has 4 nitrogen and oxygen atoms in total. The minimum absolute atomic E-state index is 0.152. The van der Waals surface area contributed by atoms with Crippen molar-refractivity contribution in [3.63, 3.8) is 0 Å². The first kappa shape index (κ1) is 17.8. The van der Waals surface area contributed by atoms with Crippen LogP contribution < -0.4 is 10.6 Å². The van der Waals surface area contributed by atoms with E-state index in [9.17, 15) is 8.78 Å². The third kappa shape index (κ3) is 4.75. The number of nitrogens with zero attached hydrogens (tertiary/aromatic N) is 2. The van der Waals surface area contributed by atoms with Crippen molar-refractivity contribution in [2.24, 2.45) is 0 Å². The number of nitrogens with one attached hydrogen (secondary N) is 2. The van der Waals surface area contributed by atoms with Crippen molar-refractivity contribution < 1.29 is 8.78 Å². The lowest BCUT2D eigenvalue weighted by Gasteiger charge is -2.11. The molecule has 0 radical (unpaired) electrons. The molecular weight excluding hydrogens is 334 g/mol. The maximum atomic E-state index is 13.8. The van der Waals surface area contributed by atoms with E-state index in [1.807, 2.05) is 18.2 Å². The minimum atomic E-state index is -0.688. The molecular formula is C20H20F2N4. The van der Waals surface area contributed by atoms with Gasteiger partial charge in [0.05, 0.1) is 0 Å². The van der Waals surface area contributed by atoms with Crippen molar-refractivity contribution in [1.29, 1.82) is 0 Å². The van der Waals surface area contributed by atoms with Crippen LogP contribution in [0.15, 0.2) is 54.6 Å². The Balaban J connectivity index is 1.62. The highest BCUT2D eigenvalue weighted by Crippen LogP contribution is 2.22. The van der Waals surface area contributed by atoms with E-state index in [0.717, 1.165) is 19.4 Å². The van der Waals surface area contributed by atoms with Gasteiger partial charge < -0.3 is 10.6 Å². The van der Waals surface area contributed by atoms with Gasteiger partial charge in [-0.2, -0.15) is 4.98 Å². The van der Waals surface area contributed by atoms with Crippen LogP contribution in [0.2, 0.25) is 0 Å². The fraction of sp³-hybridized carbons (Fsp3) is 0.200. The van der Waals surface area contributed by atoms with Gasteiger partial charge >= 0.3 is 0 Å². The molecule has 0 amide bonds. The van der Waals surface area contributed by atoms with Crippen LogP contribution in [0.5, 0.6) is 0 Å². The first-order valence-corrected chi connectivity index (χ1v) is 8.46. The van der Waals surface area contributed by atoms with E-state index in [1.165, 1.54) is 23.8 Å². The van der Waals surface area contributed by atoms with Gasteiger partial charge in [-0.15, -0.1) is 0 Å². The van der Waals surface area contributed by atoms with Gasteiger partial charge in [0.2, 0.25) is 5.95 Å². The lowest BCUT2D eigenvalue weighted by atomic mass is 10.1. The molecule has 0 spiro atoms. The molecule has 2 aromatic carbocycles. The minimum Gasteiger partial charge on any atom is -0.370 e. The molecule has 0 aliphatic heterocycles. The predicted octanol–water partition coefficient (Wildman–Crippen LogP) is 4.85. The summed E-state index contributed by atoms with van der Waals surface area (Å²) < 4.78 is 27.5. The van der Waals surface area contributed by atoms with E-state index in [4.69, 9.17) is 0 Å². The van der Waals surface area contributed by atoms with Crippen LogP contribution in [0.25, 0.3) is 0 Å². The highest BCUT2D eigenvalue weighted by molar-refractivity contribution is 5.56. The highest BCUT2D eigenvalue weighted by atomic mass is 19.1. The monoisotopic (exact) mass is 354 g/mol. The quantitative estimate of drug-likeness (QED) is 0.596. The molecule has 3 rings (SSSR count). The number of aromatic nitrogens is 2. The lowest BCUT2D eigenvalue weighted by Crippen LogP contribution is -2.08. The van der Waals surface area contributed by atoms with Crippen LogP contribution in [-0.4, -0.2) is 16.5 Å². The van der Waals surface area contributed by atoms with E-state index in [-0.39, 0.29) is 11.6 Å². The molecule has 0 saturated carbocycles. The molecule has 0 unspecified atom stereocenters. The highest BCUT2D eigenvalue weighted by Gasteiger charge is 2.11. The molecule has 134 valence electrons. The number of para-hydroxylation sites is 1. The van der Waals surface area contributed by atoms with E-state index >= 15 is 0 Å². The largest absolute Gasteiger partial charge is 0.370 e. The third-order valence-corrected chi connectivity index (χ3v) is 3.84. The second kappa shape index (κ2) is 8.38. The average Bonchev–Trinajstić information content (AvgIpc) is 2.63. The summed E-state index contributed by atoms with van der Waals surface area (Å²) >= 11 is 0. The van der Waals surface area contributed by atoms with Crippen LogP contribution in [0, 0.1) is 18.6 Å². The Kier molecular flexibility index (Phi) is 5.73. The first-order valence-electron chi connectivity index (χ1n) is 8.46. The summed E-state index contributed by atoms with van der Waals surface area (Å²) in [5.74, 6) is -0.607. The Hall–Kier alpha value is -3.02. The molecule has 0 aliphatic rings. The number of aryl methyl sites for hydroxylation is 2. The lowest BCUT2D eigenvalue weighted by molar-refractivity contribution is 0.590. The summed E-state index contributed by atoms with van der Waals surface area (Å²) in [7, 11) is 0. The maximum absolute atomic E-state index is 13.8. The molecule has 0 saturated heterocycles. The topological polar surface area (TPSA) is 49.8 Å². The zero-order valence-electron chi connectivity index (χ0n) is 14.5. The second-order valence-corrected chi connectivity index (χ2v) is 5.96. The van der Waals surface area contributed by atoms with Gasteiger partial charge in [0.15, 0.2) is 0 Å². The Morgan fingerprint density at radius 2 is 1.65 bits per heavy atom. The van der Waals surface area contributed by atoms with Crippen LogP contribution in [0.3, 0.4) is 0 Å². The molecule has 0 aliphatic carbocycles. The Morgan fingerprint density at radius 3 is 2.38 bits per heavy atom. The van der Waals surface area contributed by atoms with Gasteiger partial charge in [0.25, 0.3) is 0 Å². The van der Waals surface area contributed by atoms with Gasteiger partial charge in [-0.05, 0) is 37.5 Å². The van der Waals surface area contributed by atoms with Gasteiger partial charge in [-0.3, -0.25) is 0 Å². The van der Waals surface area contributed by atoms with E-state index in [0.29, 0.717) is 11.5 Å². The number of hydrogen-bond acceptors (Lipinski definition) is 4. The van der Waals surface area contributed by atoms with Gasteiger partial charge in [-0.25, -0.2) is 13.8 Å². The number of rotatable bonds is 7. The molecule has 2 N–H and O–H groups in total. The Labute approximate surface area is 151 Å². The molecule has 1 aromatic heterocycles. The Morgan fingerprint density at radius 1 is 0.923 bits per heavy atom. The van der Waals surface area contributed by atoms with Crippen molar-refractivity contribution in [3.05, 3.63) is 77.5 Å². The van der Waals surface area contributed by atoms with Crippen molar-refractivity contribution >= 4 is 17.5 Å². The van der Waals surface area contributed by atoms with E-state index in [2.05, 4.69) is 32.7 Å². The fourth-order valence-electron chi connectivity index (χ4n) is 2.60. The summed E-state index contributed by atoms with van der Waals surface area (Å²) in [6.45, 7) is 2.54. The smallest absolute Gasteiger partial charge is 0.229 e. The van der Waals surface area contributed by atoms with Crippen LogP contribution in [-0.2, 0) is 6.42 Å². The molecule has 3 aromatic rings. The Bertz CT molecular complexity index is 849. The molecule has 0 atom stereocenters. The summed E-state index contributed by atoms with van der Waals surface area (Å²) in [4.78, 5) is 8.48. The normalized spacial score (nSPS) is 10.6. The summed E-state index contributed by atoms with van der Waals surface area (Å²) in [6.07, 6.45) is 1.90. The number of hydrogen-bond donors (Lipinski definition) is 2. The first-order chi connectivity index (χ1) is 12.6. The van der Waals surface area contributed by atoms with Crippen LogP contribution >= 0.6 is 0 Å². The standard InChI is InChI=1S/C20H20F2N4/c1-14-13-18(23-12-6-9-15-7-3-2-4-8-15)25-20(24-14)26-19-16(21)10-5-11-17(19)22/h2-5,7-8,10-11,13H,6,9,12H2,1H3,(H2,23,24,25,26). The van der Waals surface area contributed by atoms with Crippen molar-refractivity contribution in [3.8, 4) is 0 Å². The summed E-state index contributed by atoms with van der Waals surface area (Å²) in [5, 5.41) is 5.86. The number of benzene rings is 2. The van der Waals surface area contributed by atoms with Crippen LogP contribution in [0.4, 0.5) is 26.2 Å². The van der Waals surface area contributed by atoms with E-state index < -0.39 is 11.6 Å². The number of halogens is 2. The van der Waals surface area contributed by atoms with Crippen molar-refractivity contribution in [2.45, 2.75) is 19.8 Å². The van der Waals surface area contributed by atoms with Gasteiger partial charge in [0, 0.05) is 18.3 Å². The SMILES string of the molecule is Cc1cc(NCCCc2ccccc2)nc(Nc2c(F)cccc2F)n1. The van der Waals surface area contributed by atoms with Crippen LogP contribution in [0.1, 0.15) is 17.7 Å². The van der Waals surface area contributed by atoms with E-state index in [1.54, 1.807) is 13.0 Å². The summed E-state index contributed by atoms with van der Waals surface area (Å²) in [6, 6.07) is 15.7. The fourth-order valence-corrected chi connectivity index (χ4v) is 2.60. The number of anilines is 3.